The summed E-state index contributed by atoms with van der Waals surface area (Å²) >= 11 is 0. The van der Waals surface area contributed by atoms with Crippen molar-refractivity contribution in [1.82, 2.24) is 15.5 Å². The van der Waals surface area contributed by atoms with E-state index in [9.17, 15) is 18.8 Å². The summed E-state index contributed by atoms with van der Waals surface area (Å²) in [5.74, 6) is -1.25. The number of likely N-dealkylation sites (N-methyl/N-ethyl adjacent to an activating group) is 1. The molecule has 23 heavy (non-hydrogen) atoms. The Morgan fingerprint density at radius 3 is 2.22 bits per heavy atom. The molecule has 0 unspecified atom stereocenters. The molecule has 1 rings (SSSR count). The molecule has 0 saturated carbocycles. The van der Waals surface area contributed by atoms with Gasteiger partial charge in [-0.2, -0.15) is 0 Å². The third-order valence-corrected chi connectivity index (χ3v) is 2.63. The second-order valence-corrected chi connectivity index (χ2v) is 5.40. The predicted octanol–water partition coefficient (Wildman–Crippen LogP) is 0.930. The molecule has 8 heteroatoms. The van der Waals surface area contributed by atoms with Crippen LogP contribution in [0.25, 0.3) is 0 Å². The molecule has 0 aliphatic rings. The third kappa shape index (κ3) is 7.91. The molecule has 0 aliphatic heterocycles. The summed E-state index contributed by atoms with van der Waals surface area (Å²) in [6, 6.07) is 4.70. The van der Waals surface area contributed by atoms with Crippen molar-refractivity contribution in [2.24, 2.45) is 0 Å². The van der Waals surface area contributed by atoms with E-state index < -0.39 is 17.8 Å². The number of carbonyl (C=O) groups is 3. The van der Waals surface area contributed by atoms with Crippen LogP contribution in [-0.2, 0) is 9.59 Å². The Morgan fingerprint density at radius 1 is 1.09 bits per heavy atom. The van der Waals surface area contributed by atoms with Gasteiger partial charge in [0.05, 0.1) is 13.1 Å². The zero-order valence-corrected chi connectivity index (χ0v) is 13.4. The topological polar surface area (TPSA) is 90.5 Å². The molecule has 1 aromatic rings. The van der Waals surface area contributed by atoms with E-state index in [4.69, 9.17) is 0 Å². The maximum atomic E-state index is 12.8. The first-order valence-corrected chi connectivity index (χ1v) is 7.10. The van der Waals surface area contributed by atoms with Crippen LogP contribution in [0.3, 0.4) is 0 Å². The van der Waals surface area contributed by atoms with Gasteiger partial charge in [0, 0.05) is 11.7 Å². The van der Waals surface area contributed by atoms with Gasteiger partial charge in [-0.15, -0.1) is 0 Å². The maximum absolute atomic E-state index is 12.8. The van der Waals surface area contributed by atoms with Gasteiger partial charge >= 0.3 is 6.03 Å². The van der Waals surface area contributed by atoms with Crippen molar-refractivity contribution >= 4 is 23.5 Å². The molecule has 0 fully saturated rings. The predicted molar refractivity (Wildman–Crippen MR) is 84.3 cm³/mol. The van der Waals surface area contributed by atoms with E-state index in [1.807, 2.05) is 0 Å². The lowest BCUT2D eigenvalue weighted by Gasteiger charge is -2.16. The lowest BCUT2D eigenvalue weighted by Crippen LogP contribution is -2.46. The Kier molecular flexibility index (Phi) is 7.14. The summed E-state index contributed by atoms with van der Waals surface area (Å²) in [5.41, 5.74) is 0.463. The molecule has 0 heterocycles. The fraction of sp³-hybridized carbons (Fsp3) is 0.400. The standard InChI is InChI=1S/C15H21FN4O3/c1-10(2)17-15(23)19-14(22)9-20(3)8-13(21)18-12-6-4-11(16)5-7-12/h4-7,10H,8-9H2,1-3H3,(H,18,21)(H2,17,19,22,23). The average Bonchev–Trinajstić information content (AvgIpc) is 2.39. The summed E-state index contributed by atoms with van der Waals surface area (Å²) in [5, 5.41) is 7.27. The van der Waals surface area contributed by atoms with Crippen LogP contribution in [0.1, 0.15) is 13.8 Å². The molecule has 7 nitrogen and oxygen atoms in total. The van der Waals surface area contributed by atoms with Crippen molar-refractivity contribution in [3.8, 4) is 0 Å². The molecule has 0 bridgehead atoms. The van der Waals surface area contributed by atoms with Gasteiger partial charge < -0.3 is 10.6 Å². The Morgan fingerprint density at radius 2 is 1.65 bits per heavy atom. The summed E-state index contributed by atoms with van der Waals surface area (Å²) in [4.78, 5) is 36.3. The van der Waals surface area contributed by atoms with Crippen LogP contribution in [0.2, 0.25) is 0 Å². The van der Waals surface area contributed by atoms with Crippen LogP contribution in [0.5, 0.6) is 0 Å². The minimum atomic E-state index is -0.575. The number of urea groups is 1. The van der Waals surface area contributed by atoms with Gasteiger partial charge in [0.1, 0.15) is 5.82 Å². The average molecular weight is 324 g/mol. The number of nitrogens with one attached hydrogen (secondary N) is 3. The second kappa shape index (κ2) is 8.84. The molecule has 126 valence electrons. The highest BCUT2D eigenvalue weighted by atomic mass is 19.1. The number of imide groups is 1. The van der Waals surface area contributed by atoms with Crippen LogP contribution in [0, 0.1) is 5.82 Å². The zero-order valence-electron chi connectivity index (χ0n) is 13.4. The molecule has 1 aromatic carbocycles. The second-order valence-electron chi connectivity index (χ2n) is 5.40. The van der Waals surface area contributed by atoms with Crippen molar-refractivity contribution in [3.05, 3.63) is 30.1 Å². The number of carbonyl (C=O) groups excluding carboxylic acids is 3. The highest BCUT2D eigenvalue weighted by Gasteiger charge is 2.13. The van der Waals surface area contributed by atoms with E-state index in [-0.39, 0.29) is 25.0 Å². The monoisotopic (exact) mass is 324 g/mol. The van der Waals surface area contributed by atoms with Gasteiger partial charge in [-0.05, 0) is 45.2 Å². The number of nitrogens with zero attached hydrogens (tertiary/aromatic N) is 1. The Hall–Kier alpha value is -2.48. The Labute approximate surface area is 134 Å². The highest BCUT2D eigenvalue weighted by Crippen LogP contribution is 2.07. The number of hydrogen-bond donors (Lipinski definition) is 3. The molecular formula is C15H21FN4O3. The number of benzene rings is 1. The highest BCUT2D eigenvalue weighted by molar-refractivity contribution is 5.96. The van der Waals surface area contributed by atoms with Gasteiger partial charge in [-0.1, -0.05) is 0 Å². The van der Waals surface area contributed by atoms with Crippen LogP contribution < -0.4 is 16.0 Å². The van der Waals surface area contributed by atoms with Crippen molar-refractivity contribution in [2.75, 3.05) is 25.5 Å². The SMILES string of the molecule is CC(C)NC(=O)NC(=O)CN(C)CC(=O)Nc1ccc(F)cc1. The summed E-state index contributed by atoms with van der Waals surface area (Å²) in [6.07, 6.45) is 0. The van der Waals surface area contributed by atoms with Crippen LogP contribution in [0.4, 0.5) is 14.9 Å². The van der Waals surface area contributed by atoms with E-state index in [1.165, 1.54) is 29.2 Å². The zero-order chi connectivity index (χ0) is 17.4. The van der Waals surface area contributed by atoms with E-state index in [0.29, 0.717) is 5.69 Å². The third-order valence-electron chi connectivity index (χ3n) is 2.63. The van der Waals surface area contributed by atoms with E-state index in [2.05, 4.69) is 16.0 Å². The summed E-state index contributed by atoms with van der Waals surface area (Å²) < 4.78 is 12.8. The fourth-order valence-electron chi connectivity index (χ4n) is 1.74. The molecule has 3 N–H and O–H groups in total. The summed E-state index contributed by atoms with van der Waals surface area (Å²) in [7, 11) is 1.57. The van der Waals surface area contributed by atoms with Gasteiger partial charge in [-0.25, -0.2) is 9.18 Å². The van der Waals surface area contributed by atoms with Crippen LogP contribution in [-0.4, -0.2) is 48.9 Å². The minimum Gasteiger partial charge on any atom is -0.336 e. The number of rotatable bonds is 6. The molecule has 0 aliphatic carbocycles. The van der Waals surface area contributed by atoms with Crippen molar-refractivity contribution in [1.29, 1.82) is 0 Å². The van der Waals surface area contributed by atoms with Gasteiger partial charge in [-0.3, -0.25) is 19.8 Å². The number of halogens is 1. The molecule has 4 amide bonds. The molecule has 0 atom stereocenters. The number of hydrogen-bond acceptors (Lipinski definition) is 4. The maximum Gasteiger partial charge on any atom is 0.321 e. The van der Waals surface area contributed by atoms with Crippen LogP contribution >= 0.6 is 0 Å². The van der Waals surface area contributed by atoms with Gasteiger partial charge in [0.15, 0.2) is 0 Å². The normalized spacial score (nSPS) is 10.5. The van der Waals surface area contributed by atoms with Crippen molar-refractivity contribution in [3.63, 3.8) is 0 Å². The smallest absolute Gasteiger partial charge is 0.321 e. The van der Waals surface area contributed by atoms with Gasteiger partial charge in [0.2, 0.25) is 11.8 Å². The molecule has 0 radical (unpaired) electrons. The fourth-order valence-corrected chi connectivity index (χ4v) is 1.74. The first kappa shape index (κ1) is 18.6. The lowest BCUT2D eigenvalue weighted by molar-refractivity contribution is -0.122. The minimum absolute atomic E-state index is 0.0450. The molecule has 0 aromatic heterocycles. The van der Waals surface area contributed by atoms with Gasteiger partial charge in [0.25, 0.3) is 0 Å². The molecule has 0 saturated heterocycles. The van der Waals surface area contributed by atoms with E-state index >= 15 is 0 Å². The quantitative estimate of drug-likeness (QED) is 0.726. The number of amides is 4. The largest absolute Gasteiger partial charge is 0.336 e. The first-order chi connectivity index (χ1) is 10.8. The Bertz CT molecular complexity index is 560. The van der Waals surface area contributed by atoms with E-state index in [0.717, 1.165) is 0 Å². The van der Waals surface area contributed by atoms with E-state index in [1.54, 1.807) is 20.9 Å². The Balaban J connectivity index is 2.36. The molecular weight excluding hydrogens is 303 g/mol. The van der Waals surface area contributed by atoms with Crippen molar-refractivity contribution < 1.29 is 18.8 Å². The number of anilines is 1. The first-order valence-electron chi connectivity index (χ1n) is 7.10. The lowest BCUT2D eigenvalue weighted by atomic mass is 10.3. The van der Waals surface area contributed by atoms with Crippen LogP contribution in [0.15, 0.2) is 24.3 Å². The summed E-state index contributed by atoms with van der Waals surface area (Å²) in [6.45, 7) is 3.39. The molecule has 0 spiro atoms. The van der Waals surface area contributed by atoms with Crippen molar-refractivity contribution in [2.45, 2.75) is 19.9 Å².